The van der Waals surface area contributed by atoms with Crippen LogP contribution in [0.5, 0.6) is 0 Å². The second kappa shape index (κ2) is 11.8. The highest BCUT2D eigenvalue weighted by molar-refractivity contribution is 6.10. The molecule has 0 aliphatic carbocycles. The fraction of sp³-hybridized carbons (Fsp3) is 0. The van der Waals surface area contributed by atoms with Crippen molar-refractivity contribution >= 4 is 49.8 Å². The number of hydrogen-bond donors (Lipinski definition) is 0. The fourth-order valence-corrected chi connectivity index (χ4v) is 6.81. The normalized spacial score (nSPS) is 11.3. The maximum atomic E-state index is 6.53. The summed E-state index contributed by atoms with van der Waals surface area (Å²) in [5.74, 6) is 0. The van der Waals surface area contributed by atoms with Crippen LogP contribution in [-0.4, -0.2) is 0 Å². The van der Waals surface area contributed by atoms with E-state index in [9.17, 15) is 0 Å². The molecule has 0 aliphatic rings. The maximum absolute atomic E-state index is 6.53. The zero-order chi connectivity index (χ0) is 31.9. The van der Waals surface area contributed by atoms with E-state index in [2.05, 4.69) is 181 Å². The summed E-state index contributed by atoms with van der Waals surface area (Å²) in [6.45, 7) is 0. The molecule has 0 fully saturated rings. The topological polar surface area (TPSA) is 16.4 Å². The Morgan fingerprint density at radius 3 is 1.40 bits per heavy atom. The van der Waals surface area contributed by atoms with E-state index >= 15 is 0 Å². The minimum absolute atomic E-state index is 0.874. The molecule has 0 saturated carbocycles. The number of para-hydroxylation sites is 2. The fourth-order valence-electron chi connectivity index (χ4n) is 6.81. The van der Waals surface area contributed by atoms with E-state index in [4.69, 9.17) is 4.42 Å². The Bertz CT molecular complexity index is 2530. The van der Waals surface area contributed by atoms with Crippen LogP contribution in [0.1, 0.15) is 0 Å². The molecule has 2 nitrogen and oxygen atoms in total. The van der Waals surface area contributed by atoms with Gasteiger partial charge in [-0.15, -0.1) is 0 Å². The molecule has 2 heteroatoms. The molecular formula is C46H31NO. The lowest BCUT2D eigenvalue weighted by Gasteiger charge is -2.26. The van der Waals surface area contributed by atoms with Gasteiger partial charge in [0.1, 0.15) is 5.58 Å². The van der Waals surface area contributed by atoms with Crippen molar-refractivity contribution in [2.45, 2.75) is 0 Å². The Kier molecular flexibility index (Phi) is 6.84. The summed E-state index contributed by atoms with van der Waals surface area (Å²) < 4.78 is 6.53. The average molecular weight is 614 g/mol. The molecule has 0 N–H and O–H groups in total. The third-order valence-electron chi connectivity index (χ3n) is 9.26. The third-order valence-corrected chi connectivity index (χ3v) is 9.26. The van der Waals surface area contributed by atoms with Gasteiger partial charge in [-0.3, -0.25) is 0 Å². The lowest BCUT2D eigenvalue weighted by atomic mass is 9.97. The molecule has 0 atom stereocenters. The monoisotopic (exact) mass is 613 g/mol. The van der Waals surface area contributed by atoms with Crippen molar-refractivity contribution in [1.82, 2.24) is 0 Å². The highest BCUT2D eigenvalue weighted by atomic mass is 16.3. The average Bonchev–Trinajstić information content (AvgIpc) is 3.55. The molecule has 0 aliphatic heterocycles. The second-order valence-corrected chi connectivity index (χ2v) is 12.2. The smallest absolute Gasteiger partial charge is 0.159 e. The van der Waals surface area contributed by atoms with E-state index < -0.39 is 0 Å². The van der Waals surface area contributed by atoms with E-state index in [1.54, 1.807) is 0 Å². The number of benzene rings is 8. The standard InChI is InChI=1S/C46H31NO/c1-3-10-32(11-4-1)34-22-26-40(27-23-34)47(44-16-9-15-43-42-14-7-8-17-45(42)48-46(43)44)41-28-24-35(25-29-41)37-19-21-38-30-36(18-20-39(38)31-37)33-12-5-2-6-13-33/h1-31H. The Morgan fingerprint density at radius 2 is 0.792 bits per heavy atom. The van der Waals surface area contributed by atoms with E-state index in [1.165, 1.54) is 44.2 Å². The van der Waals surface area contributed by atoms with Gasteiger partial charge in [0.2, 0.25) is 0 Å². The van der Waals surface area contributed by atoms with E-state index in [1.807, 2.05) is 12.1 Å². The minimum atomic E-state index is 0.874. The number of anilines is 3. The Labute approximate surface area is 279 Å². The van der Waals surface area contributed by atoms with Gasteiger partial charge in [0.25, 0.3) is 0 Å². The zero-order valence-corrected chi connectivity index (χ0v) is 26.3. The van der Waals surface area contributed by atoms with Crippen LogP contribution in [0, 0.1) is 0 Å². The van der Waals surface area contributed by atoms with Crippen LogP contribution in [0.3, 0.4) is 0 Å². The van der Waals surface area contributed by atoms with E-state index in [0.29, 0.717) is 0 Å². The first-order valence-corrected chi connectivity index (χ1v) is 16.3. The van der Waals surface area contributed by atoms with Crippen LogP contribution in [0.4, 0.5) is 17.1 Å². The van der Waals surface area contributed by atoms with E-state index in [0.717, 1.165) is 39.0 Å². The van der Waals surface area contributed by atoms with E-state index in [-0.39, 0.29) is 0 Å². The summed E-state index contributed by atoms with van der Waals surface area (Å²) in [6.07, 6.45) is 0. The van der Waals surface area contributed by atoms with Gasteiger partial charge in [0, 0.05) is 22.1 Å². The predicted molar refractivity (Wildman–Crippen MR) is 202 cm³/mol. The van der Waals surface area contributed by atoms with Crippen LogP contribution >= 0.6 is 0 Å². The molecule has 1 aromatic heterocycles. The highest BCUT2D eigenvalue weighted by Gasteiger charge is 2.19. The molecule has 0 spiro atoms. The first kappa shape index (κ1) is 27.9. The van der Waals surface area contributed by atoms with Crippen LogP contribution in [0.25, 0.3) is 66.1 Å². The van der Waals surface area contributed by atoms with Gasteiger partial charge in [-0.1, -0.05) is 140 Å². The van der Waals surface area contributed by atoms with Gasteiger partial charge in [0.05, 0.1) is 5.69 Å². The van der Waals surface area contributed by atoms with Gasteiger partial charge in [-0.25, -0.2) is 0 Å². The molecule has 0 amide bonds. The molecule has 1 heterocycles. The first-order chi connectivity index (χ1) is 23.8. The quantitative estimate of drug-likeness (QED) is 0.185. The summed E-state index contributed by atoms with van der Waals surface area (Å²) in [4.78, 5) is 2.30. The Morgan fingerprint density at radius 1 is 0.333 bits per heavy atom. The van der Waals surface area contributed by atoms with Crippen molar-refractivity contribution in [1.29, 1.82) is 0 Å². The highest BCUT2D eigenvalue weighted by Crippen LogP contribution is 2.43. The van der Waals surface area contributed by atoms with Crippen molar-refractivity contribution in [3.05, 3.63) is 188 Å². The molecule has 0 bridgehead atoms. The van der Waals surface area contributed by atoms with Crippen LogP contribution in [0.15, 0.2) is 192 Å². The molecule has 0 radical (unpaired) electrons. The van der Waals surface area contributed by atoms with Gasteiger partial charge >= 0.3 is 0 Å². The maximum Gasteiger partial charge on any atom is 0.159 e. The Hall–Kier alpha value is -6.38. The number of rotatable bonds is 6. The molecular weight excluding hydrogens is 583 g/mol. The molecule has 9 rings (SSSR count). The third kappa shape index (κ3) is 5.01. The van der Waals surface area contributed by atoms with Crippen LogP contribution in [-0.2, 0) is 0 Å². The summed E-state index contributed by atoms with van der Waals surface area (Å²) in [5, 5.41) is 4.70. The summed E-state index contributed by atoms with van der Waals surface area (Å²) in [5.41, 5.74) is 12.1. The Balaban J connectivity index is 1.12. The van der Waals surface area contributed by atoms with Gasteiger partial charge in [-0.2, -0.15) is 0 Å². The first-order valence-electron chi connectivity index (χ1n) is 16.3. The zero-order valence-electron chi connectivity index (χ0n) is 26.3. The van der Waals surface area contributed by atoms with Gasteiger partial charge in [0.15, 0.2) is 5.58 Å². The van der Waals surface area contributed by atoms with Gasteiger partial charge < -0.3 is 9.32 Å². The van der Waals surface area contributed by atoms with Crippen molar-refractivity contribution in [2.24, 2.45) is 0 Å². The molecule has 0 unspecified atom stereocenters. The van der Waals surface area contributed by atoms with Crippen molar-refractivity contribution in [2.75, 3.05) is 4.90 Å². The van der Waals surface area contributed by atoms with Crippen molar-refractivity contribution < 1.29 is 4.42 Å². The summed E-state index contributed by atoms with van der Waals surface area (Å²) in [6, 6.07) is 66.9. The second-order valence-electron chi connectivity index (χ2n) is 12.2. The van der Waals surface area contributed by atoms with Gasteiger partial charge in [-0.05, 0) is 92.7 Å². The molecule has 8 aromatic carbocycles. The molecule has 226 valence electrons. The van der Waals surface area contributed by atoms with Crippen LogP contribution in [0.2, 0.25) is 0 Å². The number of fused-ring (bicyclic) bond motifs is 4. The summed E-state index contributed by atoms with van der Waals surface area (Å²) in [7, 11) is 0. The number of furan rings is 1. The number of nitrogens with zero attached hydrogens (tertiary/aromatic N) is 1. The van der Waals surface area contributed by atoms with Crippen molar-refractivity contribution in [3.8, 4) is 33.4 Å². The number of hydrogen-bond acceptors (Lipinski definition) is 2. The summed E-state index contributed by atoms with van der Waals surface area (Å²) >= 11 is 0. The largest absolute Gasteiger partial charge is 0.454 e. The lowest BCUT2D eigenvalue weighted by Crippen LogP contribution is -2.10. The molecule has 0 saturated heterocycles. The molecule has 9 aromatic rings. The molecule has 48 heavy (non-hydrogen) atoms. The van der Waals surface area contributed by atoms with Crippen molar-refractivity contribution in [3.63, 3.8) is 0 Å². The lowest BCUT2D eigenvalue weighted by molar-refractivity contribution is 0.669. The SMILES string of the molecule is c1ccc(-c2ccc(N(c3ccc(-c4ccc5cc(-c6ccccc6)ccc5c4)cc3)c3cccc4c3oc3ccccc34)cc2)cc1. The predicted octanol–water partition coefficient (Wildman–Crippen LogP) is 13.2. The van der Waals surface area contributed by atoms with Crippen LogP contribution < -0.4 is 4.90 Å². The minimum Gasteiger partial charge on any atom is -0.454 e.